The molecule has 1 heterocycles. The van der Waals surface area contributed by atoms with Gasteiger partial charge in [0.05, 0.1) is 0 Å². The van der Waals surface area contributed by atoms with E-state index in [9.17, 15) is 8.42 Å². The normalized spacial score (nSPS) is 23.4. The summed E-state index contributed by atoms with van der Waals surface area (Å²) in [5, 5.41) is 0. The van der Waals surface area contributed by atoms with Crippen LogP contribution in [-0.4, -0.2) is 14.5 Å². The fourth-order valence-electron chi connectivity index (χ4n) is 2.40. The molecule has 3 N–H and O–H groups in total. The van der Waals surface area contributed by atoms with E-state index < -0.39 is 10.0 Å². The molecule has 1 fully saturated rings. The van der Waals surface area contributed by atoms with Crippen molar-refractivity contribution in [2.45, 2.75) is 49.9 Å². The van der Waals surface area contributed by atoms with Crippen LogP contribution in [0.25, 0.3) is 0 Å². The molecule has 1 aliphatic carbocycles. The molecule has 0 aliphatic heterocycles. The first-order chi connectivity index (χ1) is 8.35. The highest BCUT2D eigenvalue weighted by Crippen LogP contribution is 2.38. The van der Waals surface area contributed by atoms with Crippen molar-refractivity contribution in [3.63, 3.8) is 0 Å². The number of rotatable bonds is 4. The Hall–Kier alpha value is -0.430. The Bertz CT molecular complexity index is 520. The van der Waals surface area contributed by atoms with Crippen LogP contribution >= 0.6 is 11.3 Å². The number of hydrogen-bond acceptors (Lipinski definition) is 4. The predicted octanol–water partition coefficient (Wildman–Crippen LogP) is 2.06. The summed E-state index contributed by atoms with van der Waals surface area (Å²) in [6, 6.07) is 3.45. The van der Waals surface area contributed by atoms with Crippen molar-refractivity contribution in [1.29, 1.82) is 0 Å². The molecule has 1 aliphatic rings. The maximum atomic E-state index is 12.3. The number of hydrogen-bond donors (Lipinski definition) is 2. The van der Waals surface area contributed by atoms with Crippen molar-refractivity contribution in [3.05, 3.63) is 17.0 Å². The summed E-state index contributed by atoms with van der Waals surface area (Å²) in [7, 11) is -3.39. The Morgan fingerprint density at radius 3 is 2.72 bits per heavy atom. The maximum Gasteiger partial charge on any atom is 0.250 e. The third-order valence-corrected chi connectivity index (χ3v) is 6.73. The third kappa shape index (κ3) is 2.77. The summed E-state index contributed by atoms with van der Waals surface area (Å²) >= 11 is 1.25. The molecule has 4 nitrogen and oxygen atoms in total. The van der Waals surface area contributed by atoms with Gasteiger partial charge in [-0.2, -0.15) is 0 Å². The molecule has 0 radical (unpaired) electrons. The Morgan fingerprint density at radius 1 is 1.50 bits per heavy atom. The Labute approximate surface area is 113 Å². The minimum absolute atomic E-state index is 0.0333. The molecule has 0 aromatic carbocycles. The van der Waals surface area contributed by atoms with Crippen LogP contribution in [0.4, 0.5) is 0 Å². The van der Waals surface area contributed by atoms with Gasteiger partial charge in [-0.1, -0.05) is 20.3 Å². The van der Waals surface area contributed by atoms with Crippen molar-refractivity contribution in [1.82, 2.24) is 4.72 Å². The summed E-state index contributed by atoms with van der Waals surface area (Å²) < 4.78 is 27.7. The molecular weight excluding hydrogens is 268 g/mol. The average Bonchev–Trinajstić information content (AvgIpc) is 2.86. The fraction of sp³-hybridized carbons (Fsp3) is 0.667. The SMILES string of the molecule is CC1(C)CCCC1NS(=O)(=O)c1ccc(CN)s1. The lowest BCUT2D eigenvalue weighted by molar-refractivity contribution is 0.313. The van der Waals surface area contributed by atoms with E-state index in [4.69, 9.17) is 5.73 Å². The first kappa shape index (κ1) is 14.0. The third-order valence-electron chi connectivity index (χ3n) is 3.66. The van der Waals surface area contributed by atoms with Gasteiger partial charge in [0.2, 0.25) is 10.0 Å². The van der Waals surface area contributed by atoms with Crippen LogP contribution in [0.5, 0.6) is 0 Å². The van der Waals surface area contributed by atoms with Crippen LogP contribution in [-0.2, 0) is 16.6 Å². The second kappa shape index (κ2) is 4.92. The molecule has 1 aromatic heterocycles. The lowest BCUT2D eigenvalue weighted by Gasteiger charge is -2.27. The number of nitrogens with two attached hydrogens (primary N) is 1. The van der Waals surface area contributed by atoms with E-state index in [1.165, 1.54) is 11.3 Å². The van der Waals surface area contributed by atoms with Crippen LogP contribution in [0, 0.1) is 5.41 Å². The molecule has 0 saturated heterocycles. The molecule has 102 valence electrons. The van der Waals surface area contributed by atoms with Gasteiger partial charge in [0.1, 0.15) is 4.21 Å². The summed E-state index contributed by atoms with van der Waals surface area (Å²) in [5.41, 5.74) is 5.55. The molecule has 0 spiro atoms. The second-order valence-corrected chi connectivity index (χ2v) is 8.59. The molecule has 0 bridgehead atoms. The lowest BCUT2D eigenvalue weighted by Crippen LogP contribution is -2.41. The van der Waals surface area contributed by atoms with Gasteiger partial charge in [-0.05, 0) is 30.4 Å². The monoisotopic (exact) mass is 288 g/mol. The van der Waals surface area contributed by atoms with Crippen molar-refractivity contribution in [2.24, 2.45) is 11.1 Å². The Kier molecular flexibility index (Phi) is 3.82. The predicted molar refractivity (Wildman–Crippen MR) is 74.0 cm³/mol. The van der Waals surface area contributed by atoms with Gasteiger partial charge in [0.25, 0.3) is 0 Å². The highest BCUT2D eigenvalue weighted by atomic mass is 32.2. The highest BCUT2D eigenvalue weighted by Gasteiger charge is 2.37. The topological polar surface area (TPSA) is 72.2 Å². The molecule has 2 rings (SSSR count). The number of sulfonamides is 1. The van der Waals surface area contributed by atoms with Crippen LogP contribution in [0.3, 0.4) is 0 Å². The molecule has 1 aromatic rings. The summed E-state index contributed by atoms with van der Waals surface area (Å²) in [6.45, 7) is 4.62. The van der Waals surface area contributed by atoms with E-state index in [2.05, 4.69) is 18.6 Å². The van der Waals surface area contributed by atoms with E-state index >= 15 is 0 Å². The Balaban J connectivity index is 2.17. The molecule has 1 unspecified atom stereocenters. The van der Waals surface area contributed by atoms with Crippen LogP contribution < -0.4 is 10.5 Å². The summed E-state index contributed by atoms with van der Waals surface area (Å²) in [5.74, 6) is 0. The zero-order valence-electron chi connectivity index (χ0n) is 10.8. The average molecular weight is 288 g/mol. The number of nitrogens with one attached hydrogen (secondary N) is 1. The van der Waals surface area contributed by atoms with Crippen LogP contribution in [0.2, 0.25) is 0 Å². The van der Waals surface area contributed by atoms with E-state index in [1.54, 1.807) is 12.1 Å². The van der Waals surface area contributed by atoms with Gasteiger partial charge in [-0.15, -0.1) is 11.3 Å². The van der Waals surface area contributed by atoms with Crippen LogP contribution in [0.1, 0.15) is 38.0 Å². The van der Waals surface area contributed by atoms with Crippen molar-refractivity contribution in [3.8, 4) is 0 Å². The first-order valence-corrected chi connectivity index (χ1v) is 8.46. The molecule has 1 saturated carbocycles. The van der Waals surface area contributed by atoms with Gasteiger partial charge in [-0.25, -0.2) is 13.1 Å². The Morgan fingerprint density at radius 2 is 2.22 bits per heavy atom. The van der Waals surface area contributed by atoms with Crippen molar-refractivity contribution in [2.75, 3.05) is 0 Å². The van der Waals surface area contributed by atoms with Gasteiger partial charge in [0, 0.05) is 17.5 Å². The zero-order valence-corrected chi connectivity index (χ0v) is 12.4. The molecule has 18 heavy (non-hydrogen) atoms. The standard InChI is InChI=1S/C12H20N2O2S2/c1-12(2)7-3-4-10(12)14-18(15,16)11-6-5-9(8-13)17-11/h5-6,10,14H,3-4,7-8,13H2,1-2H3. The maximum absolute atomic E-state index is 12.3. The van der Waals surface area contributed by atoms with Gasteiger partial charge in [0.15, 0.2) is 0 Å². The van der Waals surface area contributed by atoms with E-state index in [0.717, 1.165) is 24.1 Å². The van der Waals surface area contributed by atoms with Crippen molar-refractivity contribution < 1.29 is 8.42 Å². The van der Waals surface area contributed by atoms with Gasteiger partial charge in [-0.3, -0.25) is 0 Å². The van der Waals surface area contributed by atoms with E-state index in [-0.39, 0.29) is 11.5 Å². The second-order valence-electron chi connectivity index (χ2n) is 5.48. The van der Waals surface area contributed by atoms with Crippen molar-refractivity contribution >= 4 is 21.4 Å². The van der Waals surface area contributed by atoms with E-state index in [1.807, 2.05) is 0 Å². The van der Waals surface area contributed by atoms with Gasteiger partial charge >= 0.3 is 0 Å². The first-order valence-electron chi connectivity index (χ1n) is 6.16. The smallest absolute Gasteiger partial charge is 0.250 e. The van der Waals surface area contributed by atoms with Crippen LogP contribution in [0.15, 0.2) is 16.3 Å². The molecule has 6 heteroatoms. The summed E-state index contributed by atoms with van der Waals surface area (Å²) in [4.78, 5) is 0.890. The fourth-order valence-corrected chi connectivity index (χ4v) is 5.10. The minimum Gasteiger partial charge on any atom is -0.326 e. The zero-order chi connectivity index (χ0) is 13.4. The highest BCUT2D eigenvalue weighted by molar-refractivity contribution is 7.91. The quantitative estimate of drug-likeness (QED) is 0.891. The minimum atomic E-state index is -3.39. The van der Waals surface area contributed by atoms with E-state index in [0.29, 0.717) is 10.8 Å². The van der Waals surface area contributed by atoms with Gasteiger partial charge < -0.3 is 5.73 Å². The largest absolute Gasteiger partial charge is 0.326 e. The summed E-state index contributed by atoms with van der Waals surface area (Å²) in [6.07, 6.45) is 3.07. The number of thiophene rings is 1. The molecule has 1 atom stereocenters. The molecular formula is C12H20N2O2S2. The molecule has 0 amide bonds. The lowest BCUT2D eigenvalue weighted by atomic mass is 9.88.